The molecule has 0 bridgehead atoms. The van der Waals surface area contributed by atoms with E-state index in [1.807, 2.05) is 13.8 Å². The predicted molar refractivity (Wildman–Crippen MR) is 70.7 cm³/mol. The summed E-state index contributed by atoms with van der Waals surface area (Å²) in [6.07, 6.45) is 3.88. The number of allylic oxidation sites excluding steroid dienone is 1. The maximum Gasteiger partial charge on any atom is -0.0150 e. The van der Waals surface area contributed by atoms with Crippen molar-refractivity contribution in [3.05, 3.63) is 25.3 Å². The average molecular weight is 198 g/mol. The van der Waals surface area contributed by atoms with E-state index in [2.05, 4.69) is 47.4 Å². The first kappa shape index (κ1) is 19.1. The van der Waals surface area contributed by atoms with Gasteiger partial charge in [0.05, 0.1) is 0 Å². The molecule has 86 valence electrons. The van der Waals surface area contributed by atoms with Gasteiger partial charge in [-0.15, -0.1) is 13.2 Å². The Hall–Kier alpha value is -0.520. The van der Waals surface area contributed by atoms with Gasteiger partial charge in [-0.2, -0.15) is 0 Å². The van der Waals surface area contributed by atoms with Gasteiger partial charge >= 0.3 is 0 Å². The summed E-state index contributed by atoms with van der Waals surface area (Å²) < 4.78 is 0. The van der Waals surface area contributed by atoms with Crippen LogP contribution in [0.1, 0.15) is 60.8 Å². The SMILES string of the molecule is C=C.C=C(C)C(C)(C)CCCC.CC. The fourth-order valence-corrected chi connectivity index (χ4v) is 0.832. The molecule has 0 saturated heterocycles. The van der Waals surface area contributed by atoms with Crippen molar-refractivity contribution in [2.45, 2.75) is 60.8 Å². The fraction of sp³-hybridized carbons (Fsp3) is 0.714. The molecule has 0 amide bonds. The molecule has 0 aromatic carbocycles. The molecule has 0 heteroatoms. The third kappa shape index (κ3) is 11.5. The van der Waals surface area contributed by atoms with Crippen LogP contribution in [0.4, 0.5) is 0 Å². The maximum absolute atomic E-state index is 3.98. The summed E-state index contributed by atoms with van der Waals surface area (Å²) in [5.41, 5.74) is 1.66. The van der Waals surface area contributed by atoms with Crippen molar-refractivity contribution in [2.75, 3.05) is 0 Å². The van der Waals surface area contributed by atoms with E-state index in [1.165, 1.54) is 24.8 Å². The number of rotatable bonds is 4. The third-order valence-corrected chi connectivity index (χ3v) is 2.31. The van der Waals surface area contributed by atoms with E-state index in [1.54, 1.807) is 0 Å². The molecular weight excluding hydrogens is 168 g/mol. The van der Waals surface area contributed by atoms with E-state index < -0.39 is 0 Å². The number of unbranched alkanes of at least 4 members (excludes halogenated alkanes) is 1. The van der Waals surface area contributed by atoms with Gasteiger partial charge < -0.3 is 0 Å². The molecule has 0 unspecified atom stereocenters. The van der Waals surface area contributed by atoms with Gasteiger partial charge in [-0.25, -0.2) is 0 Å². The Bertz CT molecular complexity index is 120. The minimum Gasteiger partial charge on any atom is -0.106 e. The Balaban J connectivity index is -0.000000266. The summed E-state index contributed by atoms with van der Waals surface area (Å²) in [5, 5.41) is 0. The molecule has 0 aliphatic heterocycles. The lowest BCUT2D eigenvalue weighted by Crippen LogP contribution is -2.11. The highest BCUT2D eigenvalue weighted by molar-refractivity contribution is 5.02. The maximum atomic E-state index is 3.98. The van der Waals surface area contributed by atoms with Gasteiger partial charge in [-0.1, -0.05) is 59.6 Å². The number of hydrogen-bond acceptors (Lipinski definition) is 0. The van der Waals surface area contributed by atoms with Crippen LogP contribution in [0, 0.1) is 5.41 Å². The highest BCUT2D eigenvalue weighted by atomic mass is 14.2. The molecule has 0 rings (SSSR count). The van der Waals surface area contributed by atoms with Crippen LogP contribution in [0.25, 0.3) is 0 Å². The quantitative estimate of drug-likeness (QED) is 0.515. The zero-order chi connectivity index (χ0) is 12.2. The Labute approximate surface area is 92.1 Å². The average Bonchev–Trinajstić information content (AvgIpc) is 2.21. The van der Waals surface area contributed by atoms with Crippen molar-refractivity contribution in [3.8, 4) is 0 Å². The summed E-state index contributed by atoms with van der Waals surface area (Å²) in [6, 6.07) is 0. The molecule has 0 N–H and O–H groups in total. The van der Waals surface area contributed by atoms with Gasteiger partial charge in [0.2, 0.25) is 0 Å². The Morgan fingerprint density at radius 3 is 1.71 bits per heavy atom. The van der Waals surface area contributed by atoms with Crippen LogP contribution >= 0.6 is 0 Å². The molecule has 0 fully saturated rings. The minimum atomic E-state index is 0.357. The van der Waals surface area contributed by atoms with Gasteiger partial charge in [0.15, 0.2) is 0 Å². The smallest absolute Gasteiger partial charge is 0.0150 e. The molecule has 0 saturated carbocycles. The topological polar surface area (TPSA) is 0 Å². The fourth-order valence-electron chi connectivity index (χ4n) is 0.832. The van der Waals surface area contributed by atoms with Crippen LogP contribution < -0.4 is 0 Å². The lowest BCUT2D eigenvalue weighted by Gasteiger charge is -2.24. The van der Waals surface area contributed by atoms with Gasteiger partial charge in [-0.3, -0.25) is 0 Å². The van der Waals surface area contributed by atoms with Crippen LogP contribution in [0.5, 0.6) is 0 Å². The largest absolute Gasteiger partial charge is 0.106 e. The van der Waals surface area contributed by atoms with E-state index in [0.29, 0.717) is 5.41 Å². The Morgan fingerprint density at radius 2 is 1.50 bits per heavy atom. The lowest BCUT2D eigenvalue weighted by molar-refractivity contribution is 0.393. The molecular formula is C14H30. The monoisotopic (exact) mass is 198 g/mol. The molecule has 0 aromatic heterocycles. The zero-order valence-corrected chi connectivity index (χ0v) is 11.2. The summed E-state index contributed by atoms with van der Waals surface area (Å²) in [7, 11) is 0. The summed E-state index contributed by atoms with van der Waals surface area (Å²) in [6.45, 7) is 22.9. The number of hydrogen-bond donors (Lipinski definition) is 0. The first-order valence-electron chi connectivity index (χ1n) is 5.66. The second-order valence-corrected chi connectivity index (χ2v) is 3.77. The predicted octanol–water partition coefficient (Wildman–Crippen LogP) is 5.61. The van der Waals surface area contributed by atoms with Crippen molar-refractivity contribution in [1.82, 2.24) is 0 Å². The summed E-state index contributed by atoms with van der Waals surface area (Å²) >= 11 is 0. The molecule has 0 nitrogen and oxygen atoms in total. The molecule has 0 radical (unpaired) electrons. The second-order valence-electron chi connectivity index (χ2n) is 3.77. The van der Waals surface area contributed by atoms with Crippen molar-refractivity contribution >= 4 is 0 Å². The third-order valence-electron chi connectivity index (χ3n) is 2.31. The van der Waals surface area contributed by atoms with E-state index in [4.69, 9.17) is 0 Å². The lowest BCUT2D eigenvalue weighted by atomic mass is 9.81. The van der Waals surface area contributed by atoms with Crippen LogP contribution in [0.2, 0.25) is 0 Å². The minimum absolute atomic E-state index is 0.357. The zero-order valence-electron chi connectivity index (χ0n) is 11.2. The van der Waals surface area contributed by atoms with Crippen molar-refractivity contribution in [2.24, 2.45) is 5.41 Å². The molecule has 14 heavy (non-hydrogen) atoms. The Kier molecular flexibility index (Phi) is 17.0. The highest BCUT2D eigenvalue weighted by Crippen LogP contribution is 2.30. The van der Waals surface area contributed by atoms with Gasteiger partial charge in [0.25, 0.3) is 0 Å². The first-order chi connectivity index (χ1) is 6.50. The molecule has 0 aromatic rings. The van der Waals surface area contributed by atoms with Gasteiger partial charge in [0.1, 0.15) is 0 Å². The summed E-state index contributed by atoms with van der Waals surface area (Å²) in [4.78, 5) is 0. The van der Waals surface area contributed by atoms with Crippen LogP contribution in [0.3, 0.4) is 0 Å². The standard InChI is InChI=1S/C10H20.C2H6.C2H4/c1-6-7-8-10(4,5)9(2)3;2*1-2/h2,6-8H2,1,3-5H3;1-2H3;1-2H2. The van der Waals surface area contributed by atoms with Crippen molar-refractivity contribution in [1.29, 1.82) is 0 Å². The van der Waals surface area contributed by atoms with E-state index >= 15 is 0 Å². The molecule has 0 atom stereocenters. The normalized spacial score (nSPS) is 9.00. The van der Waals surface area contributed by atoms with E-state index in [9.17, 15) is 0 Å². The molecule has 0 spiro atoms. The van der Waals surface area contributed by atoms with Crippen LogP contribution in [-0.4, -0.2) is 0 Å². The van der Waals surface area contributed by atoms with Crippen LogP contribution in [0.15, 0.2) is 25.3 Å². The highest BCUT2D eigenvalue weighted by Gasteiger charge is 2.16. The van der Waals surface area contributed by atoms with Gasteiger partial charge in [-0.05, 0) is 18.8 Å². The molecule has 0 aliphatic rings. The Morgan fingerprint density at radius 1 is 1.14 bits per heavy atom. The molecule has 0 heterocycles. The second kappa shape index (κ2) is 12.5. The first-order valence-corrected chi connectivity index (χ1v) is 5.66. The van der Waals surface area contributed by atoms with Crippen molar-refractivity contribution < 1.29 is 0 Å². The van der Waals surface area contributed by atoms with E-state index in [-0.39, 0.29) is 0 Å². The summed E-state index contributed by atoms with van der Waals surface area (Å²) in [5.74, 6) is 0. The van der Waals surface area contributed by atoms with Gasteiger partial charge in [0, 0.05) is 0 Å². The van der Waals surface area contributed by atoms with Crippen molar-refractivity contribution in [3.63, 3.8) is 0 Å². The van der Waals surface area contributed by atoms with E-state index in [0.717, 1.165) is 0 Å². The van der Waals surface area contributed by atoms with Crippen LogP contribution in [-0.2, 0) is 0 Å². The molecule has 0 aliphatic carbocycles.